The Morgan fingerprint density at radius 1 is 1.25 bits per heavy atom. The van der Waals surface area contributed by atoms with Crippen molar-refractivity contribution in [3.8, 4) is 0 Å². The van der Waals surface area contributed by atoms with Crippen molar-refractivity contribution >= 4 is 0 Å². The lowest BCUT2D eigenvalue weighted by Gasteiger charge is -2.06. The molecular weight excluding hydrogens is 208 g/mol. The van der Waals surface area contributed by atoms with Crippen molar-refractivity contribution in [1.29, 1.82) is 0 Å². The molecule has 0 heterocycles. The van der Waals surface area contributed by atoms with E-state index in [1.165, 1.54) is 12.1 Å². The van der Waals surface area contributed by atoms with Gasteiger partial charge in [0.05, 0.1) is 0 Å². The van der Waals surface area contributed by atoms with E-state index in [-0.39, 0.29) is 28.9 Å². The first kappa shape index (κ1) is 11.5. The van der Waals surface area contributed by atoms with Crippen LogP contribution in [0.3, 0.4) is 0 Å². The highest BCUT2D eigenvalue weighted by Gasteiger charge is 2.58. The Kier molecular flexibility index (Phi) is 2.54. The van der Waals surface area contributed by atoms with E-state index in [0.717, 1.165) is 0 Å². The van der Waals surface area contributed by atoms with Gasteiger partial charge < -0.3 is 5.73 Å². The summed E-state index contributed by atoms with van der Waals surface area (Å²) >= 11 is 0. The van der Waals surface area contributed by atoms with E-state index < -0.39 is 0 Å². The van der Waals surface area contributed by atoms with Gasteiger partial charge in [-0.1, -0.05) is 13.8 Å². The molecule has 1 nitrogen and oxygen atoms in total. The zero-order chi connectivity index (χ0) is 12.1. The van der Waals surface area contributed by atoms with Crippen molar-refractivity contribution in [3.05, 3.63) is 34.9 Å². The van der Waals surface area contributed by atoms with Crippen LogP contribution in [0.5, 0.6) is 0 Å². The van der Waals surface area contributed by atoms with Gasteiger partial charge in [0.1, 0.15) is 11.6 Å². The van der Waals surface area contributed by atoms with Crippen molar-refractivity contribution < 1.29 is 8.78 Å². The van der Waals surface area contributed by atoms with Gasteiger partial charge in [-0.2, -0.15) is 0 Å². The Balaban J connectivity index is 2.40. The molecule has 0 aliphatic heterocycles. The average Bonchev–Trinajstić information content (AvgIpc) is 2.74. The highest BCUT2D eigenvalue weighted by molar-refractivity contribution is 5.35. The van der Waals surface area contributed by atoms with Crippen LogP contribution in [0.1, 0.15) is 30.9 Å². The molecule has 0 amide bonds. The van der Waals surface area contributed by atoms with Gasteiger partial charge in [0.2, 0.25) is 0 Å². The lowest BCUT2D eigenvalue weighted by molar-refractivity contribution is 0.545. The first-order chi connectivity index (χ1) is 7.39. The average molecular weight is 225 g/mol. The monoisotopic (exact) mass is 225 g/mol. The van der Waals surface area contributed by atoms with Crippen molar-refractivity contribution in [1.82, 2.24) is 0 Å². The molecular formula is C13H17F2N. The van der Waals surface area contributed by atoms with E-state index >= 15 is 0 Å². The third kappa shape index (κ3) is 1.54. The molecule has 1 aliphatic carbocycles. The fourth-order valence-electron chi connectivity index (χ4n) is 2.70. The van der Waals surface area contributed by atoms with Crippen LogP contribution in [-0.4, -0.2) is 6.54 Å². The van der Waals surface area contributed by atoms with Crippen LogP contribution in [0.15, 0.2) is 12.1 Å². The minimum Gasteiger partial charge on any atom is -0.330 e. The molecule has 0 spiro atoms. The summed E-state index contributed by atoms with van der Waals surface area (Å²) in [5.41, 5.74) is 6.45. The fourth-order valence-corrected chi connectivity index (χ4v) is 2.70. The van der Waals surface area contributed by atoms with Crippen LogP contribution in [0.2, 0.25) is 0 Å². The van der Waals surface area contributed by atoms with Crippen molar-refractivity contribution in [3.63, 3.8) is 0 Å². The second kappa shape index (κ2) is 3.52. The van der Waals surface area contributed by atoms with Gasteiger partial charge in [-0.3, -0.25) is 0 Å². The molecule has 2 rings (SSSR count). The Bertz CT molecular complexity index is 426. The van der Waals surface area contributed by atoms with E-state index in [4.69, 9.17) is 5.73 Å². The van der Waals surface area contributed by atoms with E-state index in [9.17, 15) is 8.78 Å². The van der Waals surface area contributed by atoms with Gasteiger partial charge in [0, 0.05) is 0 Å². The highest BCUT2D eigenvalue weighted by Crippen LogP contribution is 2.64. The molecule has 0 saturated heterocycles. The van der Waals surface area contributed by atoms with Gasteiger partial charge in [0.15, 0.2) is 0 Å². The van der Waals surface area contributed by atoms with Gasteiger partial charge in [0.25, 0.3) is 0 Å². The summed E-state index contributed by atoms with van der Waals surface area (Å²) < 4.78 is 27.2. The zero-order valence-electron chi connectivity index (χ0n) is 9.85. The number of aryl methyl sites for hydroxylation is 1. The van der Waals surface area contributed by atoms with Crippen LogP contribution in [0.4, 0.5) is 8.78 Å². The van der Waals surface area contributed by atoms with Crippen LogP contribution in [0.25, 0.3) is 0 Å². The van der Waals surface area contributed by atoms with Gasteiger partial charge in [-0.15, -0.1) is 0 Å². The smallest absolute Gasteiger partial charge is 0.127 e. The lowest BCUT2D eigenvalue weighted by Crippen LogP contribution is -2.05. The summed E-state index contributed by atoms with van der Waals surface area (Å²) in [7, 11) is 0. The molecule has 1 aromatic carbocycles. The number of hydrogen-bond donors (Lipinski definition) is 1. The molecule has 2 unspecified atom stereocenters. The molecule has 1 fully saturated rings. The Hall–Kier alpha value is -0.960. The Morgan fingerprint density at radius 2 is 1.88 bits per heavy atom. The number of rotatable bonds is 2. The van der Waals surface area contributed by atoms with Crippen molar-refractivity contribution in [2.24, 2.45) is 17.1 Å². The summed E-state index contributed by atoms with van der Waals surface area (Å²) in [6, 6.07) is 2.60. The summed E-state index contributed by atoms with van der Waals surface area (Å²) in [6.07, 6.45) is 0. The summed E-state index contributed by atoms with van der Waals surface area (Å²) in [6.45, 7) is 6.19. The minimum atomic E-state index is -0.338. The molecule has 3 heteroatoms. The number of halogens is 2. The van der Waals surface area contributed by atoms with E-state index in [0.29, 0.717) is 17.7 Å². The zero-order valence-corrected chi connectivity index (χ0v) is 9.85. The molecule has 1 aliphatic rings. The molecule has 0 aromatic heterocycles. The third-order valence-corrected chi connectivity index (χ3v) is 3.92. The van der Waals surface area contributed by atoms with Gasteiger partial charge >= 0.3 is 0 Å². The van der Waals surface area contributed by atoms with Gasteiger partial charge in [-0.05, 0) is 54.0 Å². The molecule has 2 N–H and O–H groups in total. The number of hydrogen-bond acceptors (Lipinski definition) is 1. The second-order valence-corrected chi connectivity index (χ2v) is 5.26. The summed E-state index contributed by atoms with van der Waals surface area (Å²) in [5.74, 6) is -0.348. The van der Waals surface area contributed by atoms with Crippen LogP contribution < -0.4 is 5.73 Å². The molecule has 0 bridgehead atoms. The fraction of sp³-hybridized carbons (Fsp3) is 0.538. The maximum atomic E-state index is 13.8. The number of benzene rings is 1. The lowest BCUT2D eigenvalue weighted by atomic mass is 10.0. The standard InChI is InChI=1S/C13H17F2N/c1-7-4-11(15)8(5-10(7)14)12-9(6-16)13(12,2)3/h4-5,9,12H,6,16H2,1-3H3. The first-order valence-electron chi connectivity index (χ1n) is 5.55. The van der Waals surface area contributed by atoms with Crippen molar-refractivity contribution in [2.45, 2.75) is 26.7 Å². The first-order valence-corrected chi connectivity index (χ1v) is 5.55. The largest absolute Gasteiger partial charge is 0.330 e. The van der Waals surface area contributed by atoms with Crippen molar-refractivity contribution in [2.75, 3.05) is 6.54 Å². The predicted molar refractivity (Wildman–Crippen MR) is 60.2 cm³/mol. The quantitative estimate of drug-likeness (QED) is 0.822. The minimum absolute atomic E-state index is 0.0166. The maximum Gasteiger partial charge on any atom is 0.127 e. The van der Waals surface area contributed by atoms with E-state index in [1.54, 1.807) is 6.92 Å². The summed E-state index contributed by atoms with van der Waals surface area (Å²) in [4.78, 5) is 0. The second-order valence-electron chi connectivity index (χ2n) is 5.26. The maximum absolute atomic E-state index is 13.8. The third-order valence-electron chi connectivity index (χ3n) is 3.92. The molecule has 1 aromatic rings. The molecule has 0 radical (unpaired) electrons. The predicted octanol–water partition coefficient (Wildman–Crippen LogP) is 2.97. The summed E-state index contributed by atoms with van der Waals surface area (Å²) in [5, 5.41) is 0. The molecule has 88 valence electrons. The van der Waals surface area contributed by atoms with Crippen LogP contribution >= 0.6 is 0 Å². The topological polar surface area (TPSA) is 26.0 Å². The SMILES string of the molecule is Cc1cc(F)c(C2C(CN)C2(C)C)cc1F. The van der Waals surface area contributed by atoms with Crippen LogP contribution in [0, 0.1) is 29.9 Å². The number of nitrogens with two attached hydrogens (primary N) is 1. The molecule has 16 heavy (non-hydrogen) atoms. The Labute approximate surface area is 94.7 Å². The van der Waals surface area contributed by atoms with Crippen LogP contribution in [-0.2, 0) is 0 Å². The van der Waals surface area contributed by atoms with Gasteiger partial charge in [-0.25, -0.2) is 8.78 Å². The molecule has 1 saturated carbocycles. The van der Waals surface area contributed by atoms with E-state index in [2.05, 4.69) is 0 Å². The normalized spacial score (nSPS) is 26.9. The Morgan fingerprint density at radius 3 is 2.38 bits per heavy atom. The van der Waals surface area contributed by atoms with E-state index in [1.807, 2.05) is 13.8 Å². The highest BCUT2D eigenvalue weighted by atomic mass is 19.1. The molecule has 2 atom stereocenters.